The fourth-order valence-electron chi connectivity index (χ4n) is 3.89. The minimum Gasteiger partial charge on any atom is -0.454 e. The van der Waals surface area contributed by atoms with Crippen molar-refractivity contribution in [1.82, 2.24) is 15.0 Å². The molecule has 8 heteroatoms. The van der Waals surface area contributed by atoms with Crippen molar-refractivity contribution < 1.29 is 18.8 Å². The van der Waals surface area contributed by atoms with E-state index in [1.54, 1.807) is 11.3 Å². The Labute approximate surface area is 172 Å². The summed E-state index contributed by atoms with van der Waals surface area (Å²) >= 11 is 1.61. The van der Waals surface area contributed by atoms with Gasteiger partial charge in [-0.1, -0.05) is 11.2 Å². The molecule has 2 aromatic heterocycles. The molecule has 150 valence electrons. The first-order valence-corrected chi connectivity index (χ1v) is 10.7. The highest BCUT2D eigenvalue weighted by Gasteiger charge is 2.26. The molecular weight excluding hydrogens is 390 g/mol. The maximum absolute atomic E-state index is 12.8. The van der Waals surface area contributed by atoms with E-state index in [0.29, 0.717) is 36.2 Å². The van der Waals surface area contributed by atoms with Crippen LogP contribution in [0.4, 0.5) is 0 Å². The fraction of sp³-hybridized carbons (Fsp3) is 0.381. The zero-order chi connectivity index (χ0) is 19.6. The molecule has 1 aromatic carbocycles. The van der Waals surface area contributed by atoms with Crippen LogP contribution in [-0.2, 0) is 17.6 Å². The summed E-state index contributed by atoms with van der Waals surface area (Å²) in [6.07, 6.45) is 3.12. The normalized spacial score (nSPS) is 18.2. The van der Waals surface area contributed by atoms with E-state index < -0.39 is 0 Å². The highest BCUT2D eigenvalue weighted by atomic mass is 32.1. The molecule has 29 heavy (non-hydrogen) atoms. The lowest BCUT2D eigenvalue weighted by Crippen LogP contribution is -2.41. The SMILES string of the molecule is O=C(Cc1ccc2c(c1)OCO2)N1CCC[C@H](Cc2nc(-c3ccsc3)no2)C1. The Kier molecular flexibility index (Phi) is 4.93. The number of carbonyl (C=O) groups is 1. The van der Waals surface area contributed by atoms with Crippen LogP contribution < -0.4 is 9.47 Å². The molecule has 1 amide bonds. The van der Waals surface area contributed by atoms with E-state index in [1.165, 1.54) is 0 Å². The molecular formula is C21H21N3O4S. The minimum atomic E-state index is 0.137. The molecule has 0 radical (unpaired) electrons. The number of carbonyl (C=O) groups excluding carboxylic acids is 1. The maximum Gasteiger partial charge on any atom is 0.231 e. The lowest BCUT2D eigenvalue weighted by molar-refractivity contribution is -0.132. The van der Waals surface area contributed by atoms with Crippen molar-refractivity contribution in [3.05, 3.63) is 46.5 Å². The van der Waals surface area contributed by atoms with E-state index in [-0.39, 0.29) is 12.7 Å². The van der Waals surface area contributed by atoms with Crippen LogP contribution in [0.1, 0.15) is 24.3 Å². The Bertz CT molecular complexity index is 1000. The number of piperidine rings is 1. The molecule has 2 aliphatic rings. The summed E-state index contributed by atoms with van der Waals surface area (Å²) in [4.78, 5) is 19.3. The van der Waals surface area contributed by atoms with Crippen molar-refractivity contribution in [2.24, 2.45) is 5.92 Å². The van der Waals surface area contributed by atoms with Gasteiger partial charge in [0.05, 0.1) is 6.42 Å². The van der Waals surface area contributed by atoms with E-state index >= 15 is 0 Å². The van der Waals surface area contributed by atoms with Gasteiger partial charge in [-0.2, -0.15) is 16.3 Å². The maximum atomic E-state index is 12.8. The van der Waals surface area contributed by atoms with Crippen LogP contribution >= 0.6 is 11.3 Å². The van der Waals surface area contributed by atoms with E-state index in [4.69, 9.17) is 14.0 Å². The van der Waals surface area contributed by atoms with Crippen molar-refractivity contribution in [1.29, 1.82) is 0 Å². The van der Waals surface area contributed by atoms with Crippen molar-refractivity contribution in [2.45, 2.75) is 25.7 Å². The quantitative estimate of drug-likeness (QED) is 0.639. The van der Waals surface area contributed by atoms with Gasteiger partial charge in [-0.15, -0.1) is 0 Å². The third kappa shape index (κ3) is 3.98. The summed E-state index contributed by atoms with van der Waals surface area (Å²) in [5, 5.41) is 8.08. The largest absolute Gasteiger partial charge is 0.454 e. The number of aromatic nitrogens is 2. The number of benzene rings is 1. The van der Waals surface area contributed by atoms with Gasteiger partial charge in [0.15, 0.2) is 11.5 Å². The van der Waals surface area contributed by atoms with Gasteiger partial charge in [0.25, 0.3) is 0 Å². The Hall–Kier alpha value is -2.87. The Morgan fingerprint density at radius 2 is 2.17 bits per heavy atom. The second-order valence-corrected chi connectivity index (χ2v) is 8.22. The second-order valence-electron chi connectivity index (χ2n) is 7.44. The van der Waals surface area contributed by atoms with Gasteiger partial charge in [0, 0.05) is 30.5 Å². The number of thiophene rings is 1. The summed E-state index contributed by atoms with van der Waals surface area (Å²) in [6.45, 7) is 1.76. The van der Waals surface area contributed by atoms with Crippen molar-refractivity contribution >= 4 is 17.2 Å². The average Bonchev–Trinajstić information content (AvgIpc) is 3.49. The highest BCUT2D eigenvalue weighted by Crippen LogP contribution is 2.33. The molecule has 1 atom stereocenters. The third-order valence-electron chi connectivity index (χ3n) is 5.37. The molecule has 3 aromatic rings. The lowest BCUT2D eigenvalue weighted by Gasteiger charge is -2.32. The van der Waals surface area contributed by atoms with Gasteiger partial charge in [-0.05, 0) is 47.9 Å². The Morgan fingerprint density at radius 1 is 1.24 bits per heavy atom. The van der Waals surface area contributed by atoms with E-state index in [2.05, 4.69) is 10.1 Å². The van der Waals surface area contributed by atoms with Crippen LogP contribution in [0.25, 0.3) is 11.4 Å². The predicted octanol–water partition coefficient (Wildman–Crippen LogP) is 3.55. The number of amides is 1. The zero-order valence-electron chi connectivity index (χ0n) is 15.9. The molecule has 1 saturated heterocycles. The molecule has 0 bridgehead atoms. The fourth-order valence-corrected chi connectivity index (χ4v) is 4.52. The molecule has 0 unspecified atom stereocenters. The van der Waals surface area contributed by atoms with Gasteiger partial charge in [-0.3, -0.25) is 4.79 Å². The Morgan fingerprint density at radius 3 is 3.07 bits per heavy atom. The molecule has 0 N–H and O–H groups in total. The predicted molar refractivity (Wildman–Crippen MR) is 107 cm³/mol. The summed E-state index contributed by atoms with van der Waals surface area (Å²) in [7, 11) is 0. The Balaban J connectivity index is 1.20. The molecule has 0 spiro atoms. The number of likely N-dealkylation sites (tertiary alicyclic amines) is 1. The summed E-state index contributed by atoms with van der Waals surface area (Å²) in [5.74, 6) is 3.19. The highest BCUT2D eigenvalue weighted by molar-refractivity contribution is 7.08. The molecule has 4 heterocycles. The van der Waals surface area contributed by atoms with Gasteiger partial charge in [0.1, 0.15) is 0 Å². The minimum absolute atomic E-state index is 0.137. The van der Waals surface area contributed by atoms with Crippen molar-refractivity contribution in [3.63, 3.8) is 0 Å². The topological polar surface area (TPSA) is 77.7 Å². The van der Waals surface area contributed by atoms with Crippen LogP contribution in [-0.4, -0.2) is 40.8 Å². The third-order valence-corrected chi connectivity index (χ3v) is 6.06. The summed E-state index contributed by atoms with van der Waals surface area (Å²) < 4.78 is 16.2. The number of hydrogen-bond donors (Lipinski definition) is 0. The molecule has 7 nitrogen and oxygen atoms in total. The average molecular weight is 411 g/mol. The van der Waals surface area contributed by atoms with Crippen molar-refractivity contribution in [3.8, 4) is 22.9 Å². The number of ether oxygens (including phenoxy) is 2. The van der Waals surface area contributed by atoms with Gasteiger partial charge >= 0.3 is 0 Å². The van der Waals surface area contributed by atoms with Crippen LogP contribution in [0.2, 0.25) is 0 Å². The molecule has 0 aliphatic carbocycles. The van der Waals surface area contributed by atoms with Gasteiger partial charge in [-0.25, -0.2) is 0 Å². The standard InChI is InChI=1S/C21H21N3O4S/c25-20(10-14-3-4-17-18(8-14)27-13-26-17)24-6-1-2-15(11-24)9-19-22-21(23-28-19)16-5-7-29-12-16/h3-5,7-8,12,15H,1-2,6,9-11,13H2/t15-/m1/s1. The number of rotatable bonds is 5. The van der Waals surface area contributed by atoms with E-state index in [0.717, 1.165) is 42.8 Å². The van der Waals surface area contributed by atoms with Gasteiger partial charge in [0.2, 0.25) is 24.4 Å². The van der Waals surface area contributed by atoms with E-state index in [9.17, 15) is 4.79 Å². The monoisotopic (exact) mass is 411 g/mol. The summed E-state index contributed by atoms with van der Waals surface area (Å²) in [5.41, 5.74) is 1.92. The first kappa shape index (κ1) is 18.2. The van der Waals surface area contributed by atoms with Crippen LogP contribution in [0, 0.1) is 5.92 Å². The molecule has 2 aliphatic heterocycles. The molecule has 0 saturated carbocycles. The van der Waals surface area contributed by atoms with E-state index in [1.807, 2.05) is 39.9 Å². The molecule has 1 fully saturated rings. The number of fused-ring (bicyclic) bond motifs is 1. The lowest BCUT2D eigenvalue weighted by atomic mass is 9.94. The van der Waals surface area contributed by atoms with Crippen LogP contribution in [0.3, 0.4) is 0 Å². The number of hydrogen-bond acceptors (Lipinski definition) is 7. The van der Waals surface area contributed by atoms with Gasteiger partial charge < -0.3 is 18.9 Å². The number of nitrogens with zero attached hydrogens (tertiary/aromatic N) is 3. The summed E-state index contributed by atoms with van der Waals surface area (Å²) in [6, 6.07) is 7.67. The first-order valence-electron chi connectivity index (χ1n) is 9.76. The molecule has 5 rings (SSSR count). The van der Waals surface area contributed by atoms with Crippen molar-refractivity contribution in [2.75, 3.05) is 19.9 Å². The van der Waals surface area contributed by atoms with Crippen LogP contribution in [0.15, 0.2) is 39.5 Å². The first-order chi connectivity index (χ1) is 14.2. The van der Waals surface area contributed by atoms with Crippen LogP contribution in [0.5, 0.6) is 11.5 Å². The smallest absolute Gasteiger partial charge is 0.231 e. The second kappa shape index (κ2) is 7.87. The zero-order valence-corrected chi connectivity index (χ0v) is 16.7.